The van der Waals surface area contributed by atoms with Gasteiger partial charge in [0.25, 0.3) is 0 Å². The Morgan fingerprint density at radius 2 is 1.81 bits per heavy atom. The van der Waals surface area contributed by atoms with Gasteiger partial charge in [-0.15, -0.1) is 0 Å². The van der Waals surface area contributed by atoms with Crippen LogP contribution in [0, 0.1) is 3.57 Å². The Balaban J connectivity index is 2.54. The van der Waals surface area contributed by atoms with Crippen LogP contribution in [0.3, 0.4) is 0 Å². The highest BCUT2D eigenvalue weighted by atomic mass is 127. The maximum absolute atomic E-state index is 12.1. The van der Waals surface area contributed by atoms with Crippen molar-refractivity contribution in [2.45, 2.75) is 55.4 Å². The van der Waals surface area contributed by atoms with Gasteiger partial charge in [-0.3, -0.25) is 4.79 Å². The Bertz CT molecular complexity index is 599. The molecule has 0 fully saturated rings. The molecule has 9 heteroatoms. The highest BCUT2D eigenvalue weighted by Gasteiger charge is 2.34. The summed E-state index contributed by atoms with van der Waals surface area (Å²) in [6.07, 6.45) is 4.74. The number of thiocarbonyl (C=S) groups is 1. The topological polar surface area (TPSA) is 53.2 Å². The third-order valence-electron chi connectivity index (χ3n) is 3.54. The first-order chi connectivity index (χ1) is 12.2. The lowest BCUT2D eigenvalue weighted by Crippen LogP contribution is -2.56. The highest BCUT2D eigenvalue weighted by molar-refractivity contribution is 14.1. The summed E-state index contributed by atoms with van der Waals surface area (Å²) in [6.45, 7) is 2.15. The summed E-state index contributed by atoms with van der Waals surface area (Å²) in [5, 5.41) is 8.86. The Kier molecular flexibility index (Phi) is 11.5. The number of benzene rings is 1. The lowest BCUT2D eigenvalue weighted by atomic mass is 10.1. The molecule has 1 aromatic rings. The molecule has 1 aromatic carbocycles. The van der Waals surface area contributed by atoms with Gasteiger partial charge in [0.15, 0.2) is 5.11 Å². The normalized spacial score (nSPS) is 12.3. The van der Waals surface area contributed by atoms with Crippen molar-refractivity contribution >= 4 is 86.3 Å². The van der Waals surface area contributed by atoms with Crippen molar-refractivity contribution in [3.63, 3.8) is 0 Å². The van der Waals surface area contributed by atoms with E-state index in [9.17, 15) is 4.79 Å². The summed E-state index contributed by atoms with van der Waals surface area (Å²) >= 11 is 25.4. The van der Waals surface area contributed by atoms with Crippen LogP contribution in [0.15, 0.2) is 24.3 Å². The van der Waals surface area contributed by atoms with Gasteiger partial charge in [-0.25, -0.2) is 0 Å². The molecule has 0 radical (unpaired) electrons. The molecule has 1 unspecified atom stereocenters. The summed E-state index contributed by atoms with van der Waals surface area (Å²) < 4.78 is -0.746. The zero-order chi connectivity index (χ0) is 19.6. The van der Waals surface area contributed by atoms with Crippen molar-refractivity contribution in [3.05, 3.63) is 27.8 Å². The summed E-state index contributed by atoms with van der Waals surface area (Å²) in [5.74, 6) is -0.178. The number of rotatable bonds is 9. The van der Waals surface area contributed by atoms with E-state index in [1.807, 2.05) is 24.3 Å². The van der Waals surface area contributed by atoms with Crippen LogP contribution in [0.4, 0.5) is 5.69 Å². The molecule has 4 nitrogen and oxygen atoms in total. The second-order valence-electron chi connectivity index (χ2n) is 5.78. The first kappa shape index (κ1) is 24.0. The zero-order valence-electron chi connectivity index (χ0n) is 14.5. The molecule has 1 amide bonds. The van der Waals surface area contributed by atoms with Crippen LogP contribution in [-0.2, 0) is 4.79 Å². The standard InChI is InChI=1S/C17H23Cl3IN3OS/c1-2-3-4-5-6-11-14(25)23-15(17(18,19)20)24-16(26)22-13-10-8-7-9-12(13)21/h7-10,15H,2-6,11H2,1H3,(H,23,25)(H2,22,24,26). The van der Waals surface area contributed by atoms with Crippen molar-refractivity contribution in [2.75, 3.05) is 5.32 Å². The van der Waals surface area contributed by atoms with E-state index >= 15 is 0 Å². The number of amides is 1. The monoisotopic (exact) mass is 549 g/mol. The summed E-state index contributed by atoms with van der Waals surface area (Å²) in [6, 6.07) is 7.64. The second-order valence-corrected chi connectivity index (χ2v) is 9.72. The summed E-state index contributed by atoms with van der Waals surface area (Å²) in [7, 11) is 0. The maximum Gasteiger partial charge on any atom is 0.228 e. The average Bonchev–Trinajstić information content (AvgIpc) is 2.55. The van der Waals surface area contributed by atoms with Gasteiger partial charge in [-0.05, 0) is 53.4 Å². The minimum absolute atomic E-state index is 0.178. The predicted octanol–water partition coefficient (Wildman–Crippen LogP) is 5.75. The molecule has 0 aliphatic heterocycles. The number of hydrogen-bond acceptors (Lipinski definition) is 2. The van der Waals surface area contributed by atoms with Crippen LogP contribution in [0.25, 0.3) is 0 Å². The van der Waals surface area contributed by atoms with E-state index in [1.54, 1.807) is 0 Å². The molecular formula is C17H23Cl3IN3OS. The number of alkyl halides is 3. The Morgan fingerprint density at radius 3 is 2.42 bits per heavy atom. The van der Waals surface area contributed by atoms with E-state index in [-0.39, 0.29) is 11.0 Å². The molecular weight excluding hydrogens is 528 g/mol. The van der Waals surface area contributed by atoms with Gasteiger partial charge < -0.3 is 16.0 Å². The minimum atomic E-state index is -1.74. The van der Waals surface area contributed by atoms with Crippen LogP contribution < -0.4 is 16.0 Å². The summed E-state index contributed by atoms with van der Waals surface area (Å²) in [4.78, 5) is 12.1. The predicted molar refractivity (Wildman–Crippen MR) is 124 cm³/mol. The van der Waals surface area contributed by atoms with Gasteiger partial charge in [-0.2, -0.15) is 0 Å². The minimum Gasteiger partial charge on any atom is -0.339 e. The molecule has 0 aromatic heterocycles. The lowest BCUT2D eigenvalue weighted by Gasteiger charge is -2.28. The van der Waals surface area contributed by atoms with E-state index < -0.39 is 9.96 Å². The number of anilines is 1. The first-order valence-electron chi connectivity index (χ1n) is 8.42. The highest BCUT2D eigenvalue weighted by Crippen LogP contribution is 2.29. The smallest absolute Gasteiger partial charge is 0.228 e. The van der Waals surface area contributed by atoms with Crippen LogP contribution >= 0.6 is 69.6 Å². The molecule has 0 heterocycles. The molecule has 0 spiro atoms. The molecule has 0 saturated heterocycles. The van der Waals surface area contributed by atoms with Crippen molar-refractivity contribution < 1.29 is 4.79 Å². The molecule has 146 valence electrons. The Labute approximate surface area is 189 Å². The summed E-state index contributed by atoms with van der Waals surface area (Å²) in [5.41, 5.74) is 0.830. The van der Waals surface area contributed by atoms with Crippen molar-refractivity contribution in [2.24, 2.45) is 0 Å². The number of unbranched alkanes of at least 4 members (excludes halogenated alkanes) is 4. The molecule has 0 aliphatic rings. The van der Waals surface area contributed by atoms with Gasteiger partial charge in [0.2, 0.25) is 9.70 Å². The van der Waals surface area contributed by atoms with Crippen LogP contribution in [-0.4, -0.2) is 21.0 Å². The fourth-order valence-electron chi connectivity index (χ4n) is 2.17. The van der Waals surface area contributed by atoms with Crippen LogP contribution in [0.1, 0.15) is 45.4 Å². The fourth-order valence-corrected chi connectivity index (χ4v) is 3.25. The van der Waals surface area contributed by atoms with Gasteiger partial charge in [-0.1, -0.05) is 79.5 Å². The number of nitrogens with one attached hydrogen (secondary N) is 3. The van der Waals surface area contributed by atoms with Gasteiger partial charge in [0, 0.05) is 9.99 Å². The third-order valence-corrected chi connectivity index (χ3v) is 5.35. The maximum atomic E-state index is 12.1. The third kappa shape index (κ3) is 9.78. The number of hydrogen-bond donors (Lipinski definition) is 3. The van der Waals surface area contributed by atoms with Gasteiger partial charge >= 0.3 is 0 Å². The zero-order valence-corrected chi connectivity index (χ0v) is 19.7. The number of carbonyl (C=O) groups is 1. The molecule has 0 aliphatic carbocycles. The number of para-hydroxylation sites is 1. The molecule has 1 rings (SSSR count). The molecule has 0 bridgehead atoms. The van der Waals surface area contributed by atoms with E-state index in [1.165, 1.54) is 6.42 Å². The van der Waals surface area contributed by atoms with Crippen LogP contribution in [0.2, 0.25) is 0 Å². The molecule has 3 N–H and O–H groups in total. The molecule has 1 atom stereocenters. The van der Waals surface area contributed by atoms with Crippen molar-refractivity contribution in [1.82, 2.24) is 10.6 Å². The van der Waals surface area contributed by atoms with E-state index in [4.69, 9.17) is 47.0 Å². The largest absolute Gasteiger partial charge is 0.339 e. The number of carbonyl (C=O) groups excluding carboxylic acids is 1. The fraction of sp³-hybridized carbons (Fsp3) is 0.529. The lowest BCUT2D eigenvalue weighted by molar-refractivity contribution is -0.122. The Hall–Kier alpha value is -0.0200. The quantitative estimate of drug-likeness (QED) is 0.121. The first-order valence-corrected chi connectivity index (χ1v) is 11.0. The van der Waals surface area contributed by atoms with Crippen molar-refractivity contribution in [1.29, 1.82) is 0 Å². The van der Waals surface area contributed by atoms with Gasteiger partial charge in [0.1, 0.15) is 6.17 Å². The average molecular weight is 551 g/mol. The van der Waals surface area contributed by atoms with E-state index in [2.05, 4.69) is 45.5 Å². The van der Waals surface area contributed by atoms with Gasteiger partial charge in [0.05, 0.1) is 5.69 Å². The SMILES string of the molecule is CCCCCCCC(=O)NC(NC(=S)Nc1ccccc1I)C(Cl)(Cl)Cl. The second kappa shape index (κ2) is 12.4. The van der Waals surface area contributed by atoms with Crippen molar-refractivity contribution in [3.8, 4) is 0 Å². The Morgan fingerprint density at radius 1 is 1.15 bits per heavy atom. The molecule has 0 saturated carbocycles. The number of halogens is 4. The van der Waals surface area contributed by atoms with Crippen LogP contribution in [0.5, 0.6) is 0 Å². The van der Waals surface area contributed by atoms with E-state index in [0.717, 1.165) is 34.9 Å². The van der Waals surface area contributed by atoms with E-state index in [0.29, 0.717) is 6.42 Å². The molecule has 26 heavy (non-hydrogen) atoms.